The average molecular weight is 300 g/mol. The Balaban J connectivity index is 2.08. The first kappa shape index (κ1) is 12.9. The van der Waals surface area contributed by atoms with Gasteiger partial charge in [0, 0.05) is 24.2 Å². The van der Waals surface area contributed by atoms with Crippen LogP contribution in [0.5, 0.6) is 0 Å². The van der Waals surface area contributed by atoms with Crippen molar-refractivity contribution in [3.05, 3.63) is 11.6 Å². The lowest BCUT2D eigenvalue weighted by Crippen LogP contribution is -2.51. The fourth-order valence-electron chi connectivity index (χ4n) is 2.37. The molecule has 1 aliphatic carbocycles. The van der Waals surface area contributed by atoms with Crippen LogP contribution < -0.4 is 10.0 Å². The molecule has 0 saturated heterocycles. The summed E-state index contributed by atoms with van der Waals surface area (Å²) in [5.74, 6) is 0.391. The molecule has 0 aromatic carbocycles. The van der Waals surface area contributed by atoms with E-state index in [2.05, 4.69) is 15.0 Å². The summed E-state index contributed by atoms with van der Waals surface area (Å²) in [7, 11) is -1.90. The van der Waals surface area contributed by atoms with Gasteiger partial charge in [-0.15, -0.1) is 11.3 Å². The third-order valence-electron chi connectivity index (χ3n) is 3.55. The molecule has 2 aromatic rings. The average Bonchev–Trinajstić information content (AvgIpc) is 2.84. The first-order valence-corrected chi connectivity index (χ1v) is 8.49. The lowest BCUT2D eigenvalue weighted by molar-refractivity contribution is 0.247. The molecule has 19 heavy (non-hydrogen) atoms. The van der Waals surface area contributed by atoms with E-state index in [1.54, 1.807) is 17.6 Å². The number of aromatic nitrogens is 2. The fourth-order valence-corrected chi connectivity index (χ4v) is 4.90. The van der Waals surface area contributed by atoms with Gasteiger partial charge in [-0.3, -0.25) is 4.40 Å². The van der Waals surface area contributed by atoms with E-state index in [9.17, 15) is 8.42 Å². The maximum Gasteiger partial charge on any atom is 0.260 e. The molecule has 2 heterocycles. The lowest BCUT2D eigenvalue weighted by atomic mass is 9.80. The summed E-state index contributed by atoms with van der Waals surface area (Å²) in [5, 5.41) is 4.87. The Morgan fingerprint density at radius 3 is 2.79 bits per heavy atom. The van der Waals surface area contributed by atoms with Gasteiger partial charge in [0.2, 0.25) is 0 Å². The maximum atomic E-state index is 12.6. The van der Waals surface area contributed by atoms with Crippen LogP contribution in [0.15, 0.2) is 16.6 Å². The molecule has 0 amide bonds. The van der Waals surface area contributed by atoms with Crippen LogP contribution >= 0.6 is 11.3 Å². The lowest BCUT2D eigenvalue weighted by Gasteiger charge is -2.38. The highest BCUT2D eigenvalue weighted by molar-refractivity contribution is 7.89. The second-order valence-corrected chi connectivity index (χ2v) is 7.56. The van der Waals surface area contributed by atoms with E-state index in [4.69, 9.17) is 0 Å². The van der Waals surface area contributed by atoms with Crippen molar-refractivity contribution in [1.29, 1.82) is 0 Å². The Labute approximate surface area is 115 Å². The molecule has 0 aliphatic heterocycles. The van der Waals surface area contributed by atoms with Crippen LogP contribution in [0.4, 0.5) is 5.82 Å². The minimum atomic E-state index is -3.58. The van der Waals surface area contributed by atoms with Crippen molar-refractivity contribution in [1.82, 2.24) is 14.1 Å². The van der Waals surface area contributed by atoms with Gasteiger partial charge in [0.25, 0.3) is 10.0 Å². The summed E-state index contributed by atoms with van der Waals surface area (Å²) in [6, 6.07) is 0. The molecule has 3 rings (SSSR count). The molecule has 2 aromatic heterocycles. The van der Waals surface area contributed by atoms with Gasteiger partial charge in [0.1, 0.15) is 0 Å². The largest absolute Gasteiger partial charge is 0.371 e. The minimum absolute atomic E-state index is 0.194. The molecule has 0 unspecified atom stereocenters. The molecule has 8 heteroatoms. The van der Waals surface area contributed by atoms with Crippen molar-refractivity contribution in [3.63, 3.8) is 0 Å². The molecule has 0 atom stereocenters. The van der Waals surface area contributed by atoms with Crippen LogP contribution in [-0.4, -0.2) is 30.4 Å². The molecule has 1 fully saturated rings. The molecule has 0 bridgehead atoms. The standard InChI is InChI=1S/C11H16N4O2S2/c1-11(4-3-5-11)14-19(16,17)9-8(12-2)13-10-15(9)6-7-18-10/h6-7,12,14H,3-5H2,1-2H3. The van der Waals surface area contributed by atoms with E-state index in [0.29, 0.717) is 10.8 Å². The molecule has 104 valence electrons. The number of hydrogen-bond donors (Lipinski definition) is 2. The normalized spacial score (nSPS) is 18.4. The molecule has 1 aliphatic rings. The highest BCUT2D eigenvalue weighted by Gasteiger charge is 2.38. The van der Waals surface area contributed by atoms with E-state index >= 15 is 0 Å². The number of hydrogen-bond acceptors (Lipinski definition) is 5. The summed E-state index contributed by atoms with van der Waals surface area (Å²) in [6.45, 7) is 1.94. The third-order valence-corrected chi connectivity index (χ3v) is 5.96. The van der Waals surface area contributed by atoms with Gasteiger partial charge < -0.3 is 5.32 Å². The Morgan fingerprint density at radius 2 is 2.21 bits per heavy atom. The van der Waals surface area contributed by atoms with Crippen LogP contribution in [-0.2, 0) is 10.0 Å². The van der Waals surface area contributed by atoms with Crippen LogP contribution in [0.25, 0.3) is 4.96 Å². The van der Waals surface area contributed by atoms with Crippen molar-refractivity contribution < 1.29 is 8.42 Å². The minimum Gasteiger partial charge on any atom is -0.371 e. The zero-order valence-electron chi connectivity index (χ0n) is 10.8. The smallest absolute Gasteiger partial charge is 0.260 e. The Morgan fingerprint density at radius 1 is 1.47 bits per heavy atom. The number of nitrogens with zero attached hydrogens (tertiary/aromatic N) is 2. The highest BCUT2D eigenvalue weighted by Crippen LogP contribution is 2.34. The fraction of sp³-hybridized carbons (Fsp3) is 0.545. The predicted octanol–water partition coefficient (Wildman–Crippen LogP) is 1.66. The topological polar surface area (TPSA) is 75.5 Å². The number of sulfonamides is 1. The summed E-state index contributed by atoms with van der Waals surface area (Å²) >= 11 is 1.41. The number of fused-ring (bicyclic) bond motifs is 1. The second kappa shape index (κ2) is 4.19. The van der Waals surface area contributed by atoms with E-state index in [1.165, 1.54) is 11.3 Å². The Hall–Kier alpha value is -1.12. The van der Waals surface area contributed by atoms with E-state index in [1.807, 2.05) is 12.3 Å². The van der Waals surface area contributed by atoms with Crippen LogP contribution in [0.3, 0.4) is 0 Å². The second-order valence-electron chi connectivity index (χ2n) is 5.09. The Bertz CT molecular complexity index is 712. The molecule has 0 radical (unpaired) electrons. The van der Waals surface area contributed by atoms with Crippen molar-refractivity contribution in [2.75, 3.05) is 12.4 Å². The van der Waals surface area contributed by atoms with Gasteiger partial charge >= 0.3 is 0 Å². The van der Waals surface area contributed by atoms with Crippen molar-refractivity contribution in [3.8, 4) is 0 Å². The third kappa shape index (κ3) is 2.03. The number of imidazole rings is 1. The number of thiazole rings is 1. The van der Waals surface area contributed by atoms with Gasteiger partial charge in [-0.1, -0.05) is 0 Å². The zero-order valence-corrected chi connectivity index (χ0v) is 12.4. The molecular weight excluding hydrogens is 284 g/mol. The van der Waals surface area contributed by atoms with Crippen LogP contribution in [0, 0.1) is 0 Å². The summed E-state index contributed by atoms with van der Waals surface area (Å²) in [5.41, 5.74) is -0.315. The molecule has 6 nitrogen and oxygen atoms in total. The van der Waals surface area contributed by atoms with Crippen molar-refractivity contribution >= 4 is 32.1 Å². The summed E-state index contributed by atoms with van der Waals surface area (Å²) < 4.78 is 29.6. The van der Waals surface area contributed by atoms with E-state index < -0.39 is 10.0 Å². The number of nitrogens with one attached hydrogen (secondary N) is 2. The first-order chi connectivity index (χ1) is 8.95. The Kier molecular flexibility index (Phi) is 2.84. The molecule has 2 N–H and O–H groups in total. The predicted molar refractivity (Wildman–Crippen MR) is 75.2 cm³/mol. The molecular formula is C11H16N4O2S2. The summed E-state index contributed by atoms with van der Waals surface area (Å²) in [4.78, 5) is 4.95. The van der Waals surface area contributed by atoms with Crippen LogP contribution in [0.2, 0.25) is 0 Å². The zero-order chi connectivity index (χ0) is 13.7. The highest BCUT2D eigenvalue weighted by atomic mass is 32.2. The number of anilines is 1. The van der Waals surface area contributed by atoms with Gasteiger partial charge in [-0.25, -0.2) is 18.1 Å². The monoisotopic (exact) mass is 300 g/mol. The molecule has 0 spiro atoms. The van der Waals surface area contributed by atoms with E-state index in [-0.39, 0.29) is 10.6 Å². The van der Waals surface area contributed by atoms with Gasteiger partial charge in [-0.2, -0.15) is 0 Å². The van der Waals surface area contributed by atoms with Crippen molar-refractivity contribution in [2.24, 2.45) is 0 Å². The van der Waals surface area contributed by atoms with Crippen molar-refractivity contribution in [2.45, 2.75) is 36.8 Å². The number of rotatable bonds is 4. The van der Waals surface area contributed by atoms with Crippen LogP contribution in [0.1, 0.15) is 26.2 Å². The molecule has 1 saturated carbocycles. The van der Waals surface area contributed by atoms with Gasteiger partial charge in [-0.05, 0) is 26.2 Å². The van der Waals surface area contributed by atoms with Gasteiger partial charge in [0.05, 0.1) is 0 Å². The maximum absolute atomic E-state index is 12.6. The van der Waals surface area contributed by atoms with E-state index in [0.717, 1.165) is 19.3 Å². The summed E-state index contributed by atoms with van der Waals surface area (Å²) in [6.07, 6.45) is 4.56. The van der Waals surface area contributed by atoms with Gasteiger partial charge in [0.15, 0.2) is 15.8 Å². The quantitative estimate of drug-likeness (QED) is 0.900. The first-order valence-electron chi connectivity index (χ1n) is 6.12. The SMILES string of the molecule is CNc1nc2sccn2c1S(=O)(=O)NC1(C)CCC1.